The zero-order valence-corrected chi connectivity index (χ0v) is 8.29. The maximum absolute atomic E-state index is 9.64. The zero-order chi connectivity index (χ0) is 10.1. The highest BCUT2D eigenvalue weighted by molar-refractivity contribution is 5.49. The summed E-state index contributed by atoms with van der Waals surface area (Å²) in [5.41, 5.74) is 8.16. The zero-order valence-electron chi connectivity index (χ0n) is 8.29. The molecule has 1 aliphatic carbocycles. The summed E-state index contributed by atoms with van der Waals surface area (Å²) in [6, 6.07) is 3.71. The van der Waals surface area contributed by atoms with E-state index in [0.717, 1.165) is 18.4 Å². The van der Waals surface area contributed by atoms with Crippen LogP contribution < -0.4 is 10.5 Å². The number of nitrogens with two attached hydrogens (primary N) is 1. The summed E-state index contributed by atoms with van der Waals surface area (Å²) in [6.07, 6.45) is 1.95. The lowest BCUT2D eigenvalue weighted by Gasteiger charge is -2.10. The van der Waals surface area contributed by atoms with Gasteiger partial charge >= 0.3 is 0 Å². The largest absolute Gasteiger partial charge is 0.504 e. The van der Waals surface area contributed by atoms with E-state index in [0.29, 0.717) is 12.4 Å². The molecule has 0 aromatic heterocycles. The van der Waals surface area contributed by atoms with Crippen LogP contribution >= 0.6 is 0 Å². The molecule has 0 aliphatic heterocycles. The molecule has 0 fully saturated rings. The number of aryl methyl sites for hydroxylation is 1. The van der Waals surface area contributed by atoms with Gasteiger partial charge in [0.1, 0.15) is 0 Å². The molecule has 3 nitrogen and oxygen atoms in total. The molecule has 0 heterocycles. The molecular formula is C11H15NO2. The van der Waals surface area contributed by atoms with Crippen molar-refractivity contribution >= 4 is 0 Å². The molecule has 2 rings (SSSR count). The molecule has 0 saturated carbocycles. The van der Waals surface area contributed by atoms with Crippen LogP contribution in [0.25, 0.3) is 0 Å². The Balaban J connectivity index is 2.40. The van der Waals surface area contributed by atoms with E-state index >= 15 is 0 Å². The smallest absolute Gasteiger partial charge is 0.161 e. The summed E-state index contributed by atoms with van der Waals surface area (Å²) in [6.45, 7) is 2.47. The van der Waals surface area contributed by atoms with Crippen molar-refractivity contribution in [1.29, 1.82) is 0 Å². The third kappa shape index (κ3) is 1.44. The standard InChI is InChI=1S/C11H15NO2/c1-2-14-11-5-7-3-4-9(12)8(7)6-10(11)13/h5-6,9,13H,2-4,12H2,1H3/t9-/m0/s1. The van der Waals surface area contributed by atoms with Gasteiger partial charge in [-0.15, -0.1) is 0 Å². The quantitative estimate of drug-likeness (QED) is 0.752. The number of benzene rings is 1. The predicted molar refractivity (Wildman–Crippen MR) is 54.5 cm³/mol. The molecule has 0 spiro atoms. The van der Waals surface area contributed by atoms with Crippen LogP contribution in [0.3, 0.4) is 0 Å². The third-order valence-corrected chi connectivity index (χ3v) is 2.64. The molecule has 0 saturated heterocycles. The average Bonchev–Trinajstić information content (AvgIpc) is 2.50. The Bertz CT molecular complexity index is 349. The fraction of sp³-hybridized carbons (Fsp3) is 0.455. The van der Waals surface area contributed by atoms with E-state index in [9.17, 15) is 5.11 Å². The third-order valence-electron chi connectivity index (χ3n) is 2.64. The minimum atomic E-state index is 0.0755. The second-order valence-corrected chi connectivity index (χ2v) is 3.60. The molecule has 1 aromatic rings. The molecule has 3 heteroatoms. The minimum absolute atomic E-state index is 0.0755. The van der Waals surface area contributed by atoms with Crippen LogP contribution in [0.15, 0.2) is 12.1 Å². The van der Waals surface area contributed by atoms with Crippen LogP contribution in [0.4, 0.5) is 0 Å². The first-order valence-electron chi connectivity index (χ1n) is 4.96. The van der Waals surface area contributed by atoms with Gasteiger partial charge in [-0.25, -0.2) is 0 Å². The van der Waals surface area contributed by atoms with Gasteiger partial charge < -0.3 is 15.6 Å². The number of ether oxygens (including phenoxy) is 1. The van der Waals surface area contributed by atoms with E-state index in [1.165, 1.54) is 5.56 Å². The molecule has 1 aliphatic rings. The Kier molecular flexibility index (Phi) is 2.33. The van der Waals surface area contributed by atoms with E-state index < -0.39 is 0 Å². The molecule has 0 unspecified atom stereocenters. The van der Waals surface area contributed by atoms with Crippen molar-refractivity contribution in [3.05, 3.63) is 23.3 Å². The van der Waals surface area contributed by atoms with Crippen molar-refractivity contribution in [2.75, 3.05) is 6.61 Å². The second kappa shape index (κ2) is 3.50. The highest BCUT2D eigenvalue weighted by Crippen LogP contribution is 2.37. The van der Waals surface area contributed by atoms with E-state index in [4.69, 9.17) is 10.5 Å². The maximum Gasteiger partial charge on any atom is 0.161 e. The van der Waals surface area contributed by atoms with Gasteiger partial charge in [0.05, 0.1) is 6.61 Å². The fourth-order valence-corrected chi connectivity index (χ4v) is 1.93. The number of fused-ring (bicyclic) bond motifs is 1. The topological polar surface area (TPSA) is 55.5 Å². The Labute approximate surface area is 83.5 Å². The molecule has 0 bridgehead atoms. The average molecular weight is 193 g/mol. The Hall–Kier alpha value is -1.22. The van der Waals surface area contributed by atoms with E-state index in [-0.39, 0.29) is 11.8 Å². The summed E-state index contributed by atoms with van der Waals surface area (Å²) in [7, 11) is 0. The number of rotatable bonds is 2. The van der Waals surface area contributed by atoms with E-state index in [2.05, 4.69) is 0 Å². The van der Waals surface area contributed by atoms with E-state index in [1.807, 2.05) is 13.0 Å². The first-order chi connectivity index (χ1) is 6.72. The van der Waals surface area contributed by atoms with Crippen LogP contribution in [0.5, 0.6) is 11.5 Å². The summed E-state index contributed by atoms with van der Waals surface area (Å²) in [4.78, 5) is 0. The van der Waals surface area contributed by atoms with Gasteiger partial charge in [0.15, 0.2) is 11.5 Å². The second-order valence-electron chi connectivity index (χ2n) is 3.60. The highest BCUT2D eigenvalue weighted by atomic mass is 16.5. The molecule has 1 aromatic carbocycles. The summed E-state index contributed by atoms with van der Waals surface area (Å²) < 4.78 is 5.31. The number of hydrogen-bond donors (Lipinski definition) is 2. The normalized spacial score (nSPS) is 19.4. The van der Waals surface area contributed by atoms with Crippen molar-refractivity contribution in [1.82, 2.24) is 0 Å². The van der Waals surface area contributed by atoms with E-state index in [1.54, 1.807) is 6.07 Å². The lowest BCUT2D eigenvalue weighted by molar-refractivity contribution is 0.317. The monoisotopic (exact) mass is 193 g/mol. The summed E-state index contributed by atoms with van der Waals surface area (Å²) >= 11 is 0. The SMILES string of the molecule is CCOc1cc2c(cc1O)[C@@H](N)CC2. The Morgan fingerprint density at radius 2 is 2.36 bits per heavy atom. The molecular weight excluding hydrogens is 178 g/mol. The minimum Gasteiger partial charge on any atom is -0.504 e. The van der Waals surface area contributed by atoms with Crippen molar-refractivity contribution < 1.29 is 9.84 Å². The number of phenolic OH excluding ortho intramolecular Hbond substituents is 1. The van der Waals surface area contributed by atoms with Gasteiger partial charge in [-0.05, 0) is 43.0 Å². The molecule has 0 radical (unpaired) electrons. The predicted octanol–water partition coefficient (Wildman–Crippen LogP) is 1.74. The molecule has 14 heavy (non-hydrogen) atoms. The van der Waals surface area contributed by atoms with Gasteiger partial charge in [-0.1, -0.05) is 0 Å². The van der Waals surface area contributed by atoms with Gasteiger partial charge in [0.2, 0.25) is 0 Å². The molecule has 0 amide bonds. The van der Waals surface area contributed by atoms with Crippen molar-refractivity contribution in [3.8, 4) is 11.5 Å². The van der Waals surface area contributed by atoms with Crippen LogP contribution in [-0.4, -0.2) is 11.7 Å². The first kappa shape index (κ1) is 9.34. The van der Waals surface area contributed by atoms with Crippen LogP contribution in [0.2, 0.25) is 0 Å². The Morgan fingerprint density at radius 1 is 1.57 bits per heavy atom. The Morgan fingerprint density at radius 3 is 3.07 bits per heavy atom. The lowest BCUT2D eigenvalue weighted by Crippen LogP contribution is -2.05. The van der Waals surface area contributed by atoms with Gasteiger partial charge in [-0.3, -0.25) is 0 Å². The number of hydrogen-bond acceptors (Lipinski definition) is 3. The van der Waals surface area contributed by atoms with Crippen LogP contribution in [0.1, 0.15) is 30.5 Å². The lowest BCUT2D eigenvalue weighted by atomic mass is 10.1. The van der Waals surface area contributed by atoms with Crippen LogP contribution in [-0.2, 0) is 6.42 Å². The first-order valence-corrected chi connectivity index (χ1v) is 4.96. The number of aromatic hydroxyl groups is 1. The summed E-state index contributed by atoms with van der Waals surface area (Å²) in [5.74, 6) is 0.767. The summed E-state index contributed by atoms with van der Waals surface area (Å²) in [5, 5.41) is 9.64. The van der Waals surface area contributed by atoms with Crippen LogP contribution in [0, 0.1) is 0 Å². The molecule has 76 valence electrons. The van der Waals surface area contributed by atoms with Gasteiger partial charge in [0, 0.05) is 6.04 Å². The van der Waals surface area contributed by atoms with Crippen molar-refractivity contribution in [3.63, 3.8) is 0 Å². The molecule has 3 N–H and O–H groups in total. The maximum atomic E-state index is 9.64. The van der Waals surface area contributed by atoms with Gasteiger partial charge in [-0.2, -0.15) is 0 Å². The number of phenols is 1. The highest BCUT2D eigenvalue weighted by Gasteiger charge is 2.21. The fourth-order valence-electron chi connectivity index (χ4n) is 1.93. The molecule has 1 atom stereocenters. The van der Waals surface area contributed by atoms with Crippen molar-refractivity contribution in [2.45, 2.75) is 25.8 Å². The van der Waals surface area contributed by atoms with Crippen molar-refractivity contribution in [2.24, 2.45) is 5.73 Å². The van der Waals surface area contributed by atoms with Gasteiger partial charge in [0.25, 0.3) is 0 Å².